The Morgan fingerprint density at radius 2 is 2.18 bits per heavy atom. The van der Waals surface area contributed by atoms with E-state index < -0.39 is 5.60 Å². The Morgan fingerprint density at radius 1 is 1.41 bits per heavy atom. The standard InChI is InChI=1S/C16H23NO5/c1-16(2,3)22-15(19)17-7-6-12(9-17)10-20-11-13(18)14-5-4-8-21-14/h4-5,8,12H,6-7,9-11H2,1-3H3/t12-/m0/s1. The SMILES string of the molecule is CC(C)(C)OC(=O)N1CC[C@H](COCC(=O)c2ccco2)C1. The van der Waals surface area contributed by atoms with Crippen LogP contribution >= 0.6 is 0 Å². The van der Waals surface area contributed by atoms with Gasteiger partial charge in [-0.25, -0.2) is 4.79 Å². The average molecular weight is 309 g/mol. The molecule has 0 unspecified atom stereocenters. The number of ketones is 1. The molecule has 22 heavy (non-hydrogen) atoms. The number of hydrogen-bond acceptors (Lipinski definition) is 5. The summed E-state index contributed by atoms with van der Waals surface area (Å²) in [5.41, 5.74) is -0.485. The highest BCUT2D eigenvalue weighted by molar-refractivity contribution is 5.94. The first-order valence-corrected chi connectivity index (χ1v) is 7.47. The average Bonchev–Trinajstić information content (AvgIpc) is 3.08. The summed E-state index contributed by atoms with van der Waals surface area (Å²) < 4.78 is 15.8. The number of Topliss-reactive ketones (excluding diaryl/α,β-unsaturated/α-hetero) is 1. The molecule has 1 atom stereocenters. The lowest BCUT2D eigenvalue weighted by Crippen LogP contribution is -2.35. The van der Waals surface area contributed by atoms with Crippen LogP contribution < -0.4 is 0 Å². The lowest BCUT2D eigenvalue weighted by atomic mass is 10.1. The predicted molar refractivity (Wildman–Crippen MR) is 79.8 cm³/mol. The van der Waals surface area contributed by atoms with Gasteiger partial charge in [0.05, 0.1) is 12.9 Å². The predicted octanol–water partition coefficient (Wildman–Crippen LogP) is 2.74. The van der Waals surface area contributed by atoms with E-state index in [1.807, 2.05) is 20.8 Å². The highest BCUT2D eigenvalue weighted by Gasteiger charge is 2.29. The summed E-state index contributed by atoms with van der Waals surface area (Å²) in [7, 11) is 0. The molecule has 0 aromatic carbocycles. The smallest absolute Gasteiger partial charge is 0.410 e. The summed E-state index contributed by atoms with van der Waals surface area (Å²) in [5, 5.41) is 0. The number of ether oxygens (including phenoxy) is 2. The number of rotatable bonds is 5. The van der Waals surface area contributed by atoms with Crippen molar-refractivity contribution in [1.29, 1.82) is 0 Å². The van der Waals surface area contributed by atoms with Gasteiger partial charge in [0.1, 0.15) is 12.2 Å². The van der Waals surface area contributed by atoms with E-state index in [2.05, 4.69) is 0 Å². The van der Waals surface area contributed by atoms with E-state index in [1.165, 1.54) is 6.26 Å². The lowest BCUT2D eigenvalue weighted by molar-refractivity contribution is 0.0272. The molecule has 0 spiro atoms. The van der Waals surface area contributed by atoms with Crippen molar-refractivity contribution in [2.75, 3.05) is 26.3 Å². The summed E-state index contributed by atoms with van der Waals surface area (Å²) >= 11 is 0. The molecule has 1 aliphatic heterocycles. The molecular weight excluding hydrogens is 286 g/mol. The van der Waals surface area contributed by atoms with Crippen LogP contribution in [-0.4, -0.2) is 48.7 Å². The first kappa shape index (κ1) is 16.5. The van der Waals surface area contributed by atoms with Gasteiger partial charge in [-0.1, -0.05) is 0 Å². The van der Waals surface area contributed by atoms with E-state index in [0.29, 0.717) is 25.5 Å². The van der Waals surface area contributed by atoms with Crippen molar-refractivity contribution in [3.05, 3.63) is 24.2 Å². The number of carbonyl (C=O) groups is 2. The molecule has 2 heterocycles. The Bertz CT molecular complexity index is 503. The van der Waals surface area contributed by atoms with Crippen LogP contribution in [0, 0.1) is 5.92 Å². The van der Waals surface area contributed by atoms with Gasteiger partial charge < -0.3 is 18.8 Å². The summed E-state index contributed by atoms with van der Waals surface area (Å²) in [6.45, 7) is 7.26. The topological polar surface area (TPSA) is 69.0 Å². The van der Waals surface area contributed by atoms with E-state index >= 15 is 0 Å². The Morgan fingerprint density at radius 3 is 2.82 bits per heavy atom. The minimum atomic E-state index is -0.485. The maximum absolute atomic E-state index is 11.9. The number of hydrogen-bond donors (Lipinski definition) is 0. The molecule has 1 aliphatic rings. The largest absolute Gasteiger partial charge is 0.461 e. The van der Waals surface area contributed by atoms with E-state index in [9.17, 15) is 9.59 Å². The zero-order valence-corrected chi connectivity index (χ0v) is 13.3. The summed E-state index contributed by atoms with van der Waals surface area (Å²) in [4.78, 5) is 25.3. The quantitative estimate of drug-likeness (QED) is 0.782. The van der Waals surface area contributed by atoms with Crippen LogP contribution in [0.5, 0.6) is 0 Å². The van der Waals surface area contributed by atoms with Crippen LogP contribution in [0.1, 0.15) is 37.7 Å². The van der Waals surface area contributed by atoms with E-state index in [4.69, 9.17) is 13.9 Å². The number of amides is 1. The Kier molecular flexibility index (Phi) is 5.24. The van der Waals surface area contributed by atoms with Crippen molar-refractivity contribution >= 4 is 11.9 Å². The molecular formula is C16H23NO5. The Labute approximate surface area is 130 Å². The highest BCUT2D eigenvalue weighted by atomic mass is 16.6. The number of carbonyl (C=O) groups excluding carboxylic acids is 2. The fourth-order valence-electron chi connectivity index (χ4n) is 2.29. The first-order chi connectivity index (χ1) is 10.3. The second kappa shape index (κ2) is 6.96. The van der Waals surface area contributed by atoms with Crippen molar-refractivity contribution in [1.82, 2.24) is 4.90 Å². The summed E-state index contributed by atoms with van der Waals surface area (Å²) in [6, 6.07) is 3.29. The zero-order valence-electron chi connectivity index (χ0n) is 13.3. The second-order valence-corrected chi connectivity index (χ2v) is 6.50. The normalized spacial score (nSPS) is 18.5. The van der Waals surface area contributed by atoms with E-state index in [0.717, 1.165) is 6.42 Å². The highest BCUT2D eigenvalue weighted by Crippen LogP contribution is 2.19. The third-order valence-electron chi connectivity index (χ3n) is 3.32. The molecule has 6 heteroatoms. The Balaban J connectivity index is 1.68. The molecule has 0 N–H and O–H groups in total. The minimum absolute atomic E-state index is 0.00352. The molecule has 0 radical (unpaired) electrons. The maximum atomic E-state index is 11.9. The van der Waals surface area contributed by atoms with Crippen molar-refractivity contribution < 1.29 is 23.5 Å². The van der Waals surface area contributed by atoms with E-state index in [1.54, 1.807) is 17.0 Å². The van der Waals surface area contributed by atoms with Gasteiger partial charge in [0.15, 0.2) is 5.76 Å². The molecule has 1 amide bonds. The molecule has 0 aliphatic carbocycles. The van der Waals surface area contributed by atoms with Crippen LogP contribution in [0.15, 0.2) is 22.8 Å². The lowest BCUT2D eigenvalue weighted by Gasteiger charge is -2.24. The molecule has 0 bridgehead atoms. The third kappa shape index (κ3) is 4.87. The molecule has 122 valence electrons. The Hall–Kier alpha value is -1.82. The number of furan rings is 1. The molecule has 1 aromatic rings. The van der Waals surface area contributed by atoms with Crippen molar-refractivity contribution in [2.24, 2.45) is 5.92 Å². The van der Waals surface area contributed by atoms with Crippen molar-refractivity contribution in [3.63, 3.8) is 0 Å². The minimum Gasteiger partial charge on any atom is -0.461 e. The van der Waals surface area contributed by atoms with Crippen molar-refractivity contribution in [3.8, 4) is 0 Å². The molecule has 1 fully saturated rings. The number of nitrogens with zero attached hydrogens (tertiary/aromatic N) is 1. The molecule has 6 nitrogen and oxygen atoms in total. The fraction of sp³-hybridized carbons (Fsp3) is 0.625. The number of likely N-dealkylation sites (tertiary alicyclic amines) is 1. The molecule has 0 saturated carbocycles. The summed E-state index contributed by atoms with van der Waals surface area (Å²) in [6.07, 6.45) is 2.03. The van der Waals surface area contributed by atoms with Gasteiger partial charge in [-0.05, 0) is 39.3 Å². The fourth-order valence-corrected chi connectivity index (χ4v) is 2.29. The monoisotopic (exact) mass is 309 g/mol. The molecule has 1 saturated heterocycles. The van der Waals surface area contributed by atoms with Crippen LogP contribution in [0.25, 0.3) is 0 Å². The van der Waals surface area contributed by atoms with Crippen LogP contribution in [0.2, 0.25) is 0 Å². The van der Waals surface area contributed by atoms with Gasteiger partial charge in [0, 0.05) is 19.0 Å². The van der Waals surface area contributed by atoms with Crippen LogP contribution in [0.4, 0.5) is 4.79 Å². The van der Waals surface area contributed by atoms with Gasteiger partial charge in [-0.15, -0.1) is 0 Å². The van der Waals surface area contributed by atoms with Gasteiger partial charge in [-0.2, -0.15) is 0 Å². The zero-order chi connectivity index (χ0) is 16.2. The molecule has 2 rings (SSSR count). The second-order valence-electron chi connectivity index (χ2n) is 6.50. The van der Waals surface area contributed by atoms with Gasteiger partial charge in [-0.3, -0.25) is 4.79 Å². The third-order valence-corrected chi connectivity index (χ3v) is 3.32. The van der Waals surface area contributed by atoms with Crippen LogP contribution in [0.3, 0.4) is 0 Å². The van der Waals surface area contributed by atoms with Crippen LogP contribution in [-0.2, 0) is 9.47 Å². The van der Waals surface area contributed by atoms with Gasteiger partial charge in [0.2, 0.25) is 5.78 Å². The van der Waals surface area contributed by atoms with Gasteiger partial charge in [0.25, 0.3) is 0 Å². The van der Waals surface area contributed by atoms with Crippen molar-refractivity contribution in [2.45, 2.75) is 32.8 Å². The summed E-state index contributed by atoms with van der Waals surface area (Å²) in [5.74, 6) is 0.366. The first-order valence-electron chi connectivity index (χ1n) is 7.47. The van der Waals surface area contributed by atoms with Gasteiger partial charge >= 0.3 is 6.09 Å². The van der Waals surface area contributed by atoms with E-state index in [-0.39, 0.29) is 24.4 Å². The maximum Gasteiger partial charge on any atom is 0.410 e. The molecule has 1 aromatic heterocycles.